The Morgan fingerprint density at radius 1 is 1.08 bits per heavy atom. The fourth-order valence-corrected chi connectivity index (χ4v) is 4.42. The van der Waals surface area contributed by atoms with E-state index in [9.17, 15) is 18.0 Å². The highest BCUT2D eigenvalue weighted by Crippen LogP contribution is 2.43. The van der Waals surface area contributed by atoms with Crippen LogP contribution in [0.15, 0.2) is 28.5 Å². The third-order valence-corrected chi connectivity index (χ3v) is 6.98. The van der Waals surface area contributed by atoms with Gasteiger partial charge in [0.05, 0.1) is 47.3 Å². The number of rotatable bonds is 7. The molecule has 1 saturated carbocycles. The molecule has 198 valence electrons. The molecule has 0 saturated heterocycles. The van der Waals surface area contributed by atoms with E-state index < -0.39 is 17.8 Å². The lowest BCUT2D eigenvalue weighted by Gasteiger charge is -2.22. The van der Waals surface area contributed by atoms with Gasteiger partial charge in [-0.25, -0.2) is 29.9 Å². The Morgan fingerprint density at radius 3 is 2.47 bits per heavy atom. The van der Waals surface area contributed by atoms with Crippen LogP contribution in [0.1, 0.15) is 54.5 Å². The van der Waals surface area contributed by atoms with Crippen LogP contribution >= 0.6 is 11.8 Å². The quantitative estimate of drug-likeness (QED) is 0.336. The van der Waals surface area contributed by atoms with Crippen molar-refractivity contribution in [2.75, 3.05) is 11.6 Å². The van der Waals surface area contributed by atoms with Crippen LogP contribution in [-0.2, 0) is 6.54 Å². The summed E-state index contributed by atoms with van der Waals surface area (Å²) in [5.41, 5.74) is 1.68. The molecule has 0 radical (unpaired) electrons. The second-order valence-electron chi connectivity index (χ2n) is 9.06. The fraction of sp³-hybridized carbons (Fsp3) is 0.417. The largest absolute Gasteiger partial charge is 0.409 e. The maximum atomic E-state index is 14.0. The highest BCUT2D eigenvalue weighted by molar-refractivity contribution is 7.98. The Labute approximate surface area is 219 Å². The van der Waals surface area contributed by atoms with Gasteiger partial charge < -0.3 is 5.32 Å². The average molecular weight is 544 g/mol. The maximum Gasteiger partial charge on any atom is 0.409 e. The minimum Gasteiger partial charge on any atom is -0.360 e. The van der Waals surface area contributed by atoms with Crippen LogP contribution in [0.5, 0.6) is 0 Å². The summed E-state index contributed by atoms with van der Waals surface area (Å²) in [4.78, 5) is 43.9. The van der Waals surface area contributed by atoms with Crippen LogP contribution in [0.3, 0.4) is 0 Å². The molecule has 5 rings (SSSR count). The van der Waals surface area contributed by atoms with Gasteiger partial charge >= 0.3 is 6.18 Å². The first-order valence-corrected chi connectivity index (χ1v) is 13.1. The van der Waals surface area contributed by atoms with E-state index in [4.69, 9.17) is 0 Å². The summed E-state index contributed by atoms with van der Waals surface area (Å²) in [5, 5.41) is 3.54. The van der Waals surface area contributed by atoms with Crippen molar-refractivity contribution in [3.8, 4) is 11.4 Å². The van der Waals surface area contributed by atoms with Crippen molar-refractivity contribution < 1.29 is 13.2 Å². The predicted octanol–water partition coefficient (Wildman–Crippen LogP) is 4.39. The molecular weight excluding hydrogens is 519 g/mol. The number of halogens is 3. The van der Waals surface area contributed by atoms with Crippen LogP contribution in [-0.4, -0.2) is 51.9 Å². The zero-order chi connectivity index (χ0) is 27.2. The summed E-state index contributed by atoms with van der Waals surface area (Å²) in [6.45, 7) is 4.36. The van der Waals surface area contributed by atoms with Crippen LogP contribution < -0.4 is 10.9 Å². The van der Waals surface area contributed by atoms with Crippen molar-refractivity contribution in [1.29, 1.82) is 0 Å². The topological polar surface area (TPSA) is 124 Å². The van der Waals surface area contributed by atoms with E-state index in [1.165, 1.54) is 24.3 Å². The van der Waals surface area contributed by atoms with Crippen LogP contribution in [0.25, 0.3) is 22.6 Å². The van der Waals surface area contributed by atoms with Gasteiger partial charge in [0.1, 0.15) is 22.9 Å². The van der Waals surface area contributed by atoms with Gasteiger partial charge in [0.25, 0.3) is 5.56 Å². The first-order chi connectivity index (χ1) is 18.1. The molecule has 10 nitrogen and oxygen atoms in total. The summed E-state index contributed by atoms with van der Waals surface area (Å²) in [7, 11) is 0. The van der Waals surface area contributed by atoms with Crippen molar-refractivity contribution in [3.05, 3.63) is 51.9 Å². The van der Waals surface area contributed by atoms with E-state index in [2.05, 4.69) is 40.2 Å². The van der Waals surface area contributed by atoms with Crippen molar-refractivity contribution in [2.24, 2.45) is 0 Å². The lowest BCUT2D eigenvalue weighted by Crippen LogP contribution is -2.35. The first-order valence-electron chi connectivity index (χ1n) is 11.9. The van der Waals surface area contributed by atoms with Crippen molar-refractivity contribution >= 4 is 28.7 Å². The molecule has 1 aliphatic rings. The Morgan fingerprint density at radius 2 is 1.84 bits per heavy atom. The molecule has 14 heteroatoms. The van der Waals surface area contributed by atoms with Gasteiger partial charge in [-0.1, -0.05) is 0 Å². The average Bonchev–Trinajstić information content (AvgIpc) is 3.72. The molecule has 0 aromatic carbocycles. The van der Waals surface area contributed by atoms with Crippen molar-refractivity contribution in [3.63, 3.8) is 0 Å². The van der Waals surface area contributed by atoms with Gasteiger partial charge in [-0.05, 0) is 39.9 Å². The molecule has 1 atom stereocenters. The highest BCUT2D eigenvalue weighted by Gasteiger charge is 2.40. The predicted molar refractivity (Wildman–Crippen MR) is 136 cm³/mol. The van der Waals surface area contributed by atoms with E-state index in [1.54, 1.807) is 20.0 Å². The maximum absolute atomic E-state index is 14.0. The molecule has 4 aromatic rings. The number of thioether (sulfide) groups is 1. The van der Waals surface area contributed by atoms with E-state index in [-0.39, 0.29) is 35.3 Å². The van der Waals surface area contributed by atoms with Gasteiger partial charge in [-0.15, -0.1) is 11.8 Å². The number of fused-ring (bicyclic) bond motifs is 1. The number of nitrogens with zero attached hydrogens (tertiary/aromatic N) is 8. The normalized spacial score (nSPS) is 14.6. The molecule has 1 aliphatic carbocycles. The molecule has 0 bridgehead atoms. The summed E-state index contributed by atoms with van der Waals surface area (Å²) in [6.07, 6.45) is 3.61. The van der Waals surface area contributed by atoms with E-state index >= 15 is 0 Å². The van der Waals surface area contributed by atoms with Gasteiger partial charge in [0, 0.05) is 5.92 Å². The summed E-state index contributed by atoms with van der Waals surface area (Å²) >= 11 is 1.42. The van der Waals surface area contributed by atoms with Crippen molar-refractivity contribution in [1.82, 2.24) is 39.5 Å². The standard InChI is InChI=1S/C24H24F3N9OS/c1-11-17(19(14-5-6-14)32-10-31-11)20-33-12(2)18-22(35-20)36(13(3)24(25,26)27)23(37)21(34-18)30-8-15-7-29-16(38-4)9-28-15/h7,9-10,13-14H,5-6,8H2,1-4H3,(H,30,34)/t13-/m0/s1. The second-order valence-corrected chi connectivity index (χ2v) is 9.88. The van der Waals surface area contributed by atoms with Gasteiger partial charge in [-0.3, -0.25) is 14.3 Å². The Balaban J connectivity index is 1.66. The lowest BCUT2D eigenvalue weighted by molar-refractivity contribution is -0.162. The third kappa shape index (κ3) is 4.91. The second kappa shape index (κ2) is 9.89. The Bertz CT molecular complexity index is 1570. The smallest absolute Gasteiger partial charge is 0.360 e. The molecule has 4 heterocycles. The number of hydrogen-bond donors (Lipinski definition) is 1. The summed E-state index contributed by atoms with van der Waals surface area (Å²) in [6, 6.07) is -2.17. The zero-order valence-electron chi connectivity index (χ0n) is 21.0. The van der Waals surface area contributed by atoms with E-state index in [0.717, 1.165) is 25.5 Å². The van der Waals surface area contributed by atoms with E-state index in [1.807, 2.05) is 6.26 Å². The number of hydrogen-bond acceptors (Lipinski definition) is 10. The minimum absolute atomic E-state index is 0.0408. The Hall–Kier alpha value is -3.68. The molecule has 1 fully saturated rings. The zero-order valence-corrected chi connectivity index (χ0v) is 21.9. The number of aryl methyl sites for hydroxylation is 2. The van der Waals surface area contributed by atoms with Gasteiger partial charge in [-0.2, -0.15) is 13.2 Å². The molecule has 0 spiro atoms. The fourth-order valence-electron chi connectivity index (χ4n) is 4.10. The molecule has 38 heavy (non-hydrogen) atoms. The molecule has 0 amide bonds. The molecule has 1 N–H and O–H groups in total. The summed E-state index contributed by atoms with van der Waals surface area (Å²) in [5.74, 6) is 0.131. The van der Waals surface area contributed by atoms with Crippen LogP contribution in [0, 0.1) is 13.8 Å². The number of aromatic nitrogens is 8. The van der Waals surface area contributed by atoms with E-state index in [0.29, 0.717) is 32.2 Å². The number of anilines is 1. The molecular formula is C24H24F3N9OS. The SMILES string of the molecule is CSc1cnc(CNc2nc3c(C)nc(-c4c(C)ncnc4C4CC4)nc3n([C@@H](C)C(F)(F)F)c2=O)cn1. The lowest BCUT2D eigenvalue weighted by atomic mass is 10.1. The Kier molecular flexibility index (Phi) is 6.75. The van der Waals surface area contributed by atoms with Gasteiger partial charge in [0.2, 0.25) is 0 Å². The molecule has 0 unspecified atom stereocenters. The van der Waals surface area contributed by atoms with Gasteiger partial charge in [0.15, 0.2) is 17.3 Å². The minimum atomic E-state index is -4.71. The monoisotopic (exact) mass is 543 g/mol. The van der Waals surface area contributed by atoms with Crippen LogP contribution in [0.2, 0.25) is 0 Å². The number of alkyl halides is 3. The van der Waals surface area contributed by atoms with Crippen molar-refractivity contribution in [2.45, 2.75) is 63.3 Å². The first kappa shape index (κ1) is 25.9. The number of nitrogens with one attached hydrogen (secondary N) is 1. The molecule has 4 aromatic heterocycles. The molecule has 0 aliphatic heterocycles. The summed E-state index contributed by atoms with van der Waals surface area (Å²) < 4.78 is 42.6. The third-order valence-electron chi connectivity index (χ3n) is 6.36. The van der Waals surface area contributed by atoms with Crippen LogP contribution in [0.4, 0.5) is 19.0 Å². The highest BCUT2D eigenvalue weighted by atomic mass is 32.2.